The van der Waals surface area contributed by atoms with Gasteiger partial charge in [0.2, 0.25) is 0 Å². The van der Waals surface area contributed by atoms with Gasteiger partial charge in [-0.15, -0.1) is 0 Å². The molecule has 0 saturated heterocycles. The fraction of sp³-hybridized carbons (Fsp3) is 0.0714. The zero-order chi connectivity index (χ0) is 29.5. The van der Waals surface area contributed by atoms with Crippen LogP contribution in [0.4, 0.5) is 0 Å². The molecule has 0 saturated carbocycles. The second kappa shape index (κ2) is 11.0. The highest BCUT2D eigenvalue weighted by Gasteiger charge is 2.18. The predicted molar refractivity (Wildman–Crippen MR) is 187 cm³/mol. The number of allylic oxidation sites excluding steroid dienone is 2. The number of hydrogen-bond acceptors (Lipinski definition) is 1. The number of nitrogens with zero attached hydrogens (tertiary/aromatic N) is 2. The number of imidazole rings is 1. The topological polar surface area (TPSA) is 17.8 Å². The molecule has 1 aliphatic carbocycles. The lowest BCUT2D eigenvalue weighted by Gasteiger charge is -2.19. The molecule has 1 aliphatic rings. The number of fused-ring (bicyclic) bond motifs is 3. The minimum absolute atomic E-state index is 0.937. The molecule has 2 heteroatoms. The Labute approximate surface area is 258 Å². The normalized spacial score (nSPS) is 12.8. The van der Waals surface area contributed by atoms with Gasteiger partial charge in [-0.3, -0.25) is 4.57 Å². The summed E-state index contributed by atoms with van der Waals surface area (Å²) in [6, 6.07) is 44.2. The molecule has 8 rings (SSSR count). The van der Waals surface area contributed by atoms with Crippen molar-refractivity contribution in [1.29, 1.82) is 0 Å². The second-order valence-corrected chi connectivity index (χ2v) is 11.5. The third-order valence-corrected chi connectivity index (χ3v) is 8.81. The Morgan fingerprint density at radius 1 is 0.636 bits per heavy atom. The van der Waals surface area contributed by atoms with Gasteiger partial charge in [0.05, 0.1) is 11.9 Å². The van der Waals surface area contributed by atoms with Crippen molar-refractivity contribution in [2.24, 2.45) is 0 Å². The van der Waals surface area contributed by atoms with E-state index in [4.69, 9.17) is 4.98 Å². The average molecular weight is 565 g/mol. The van der Waals surface area contributed by atoms with Gasteiger partial charge in [0.25, 0.3) is 0 Å². The molecule has 0 unspecified atom stereocenters. The Morgan fingerprint density at radius 2 is 1.25 bits per heavy atom. The zero-order valence-corrected chi connectivity index (χ0v) is 24.7. The first-order valence-electron chi connectivity index (χ1n) is 15.4. The highest BCUT2D eigenvalue weighted by Crippen LogP contribution is 2.44. The molecule has 0 N–H and O–H groups in total. The van der Waals surface area contributed by atoms with Crippen LogP contribution in [0.2, 0.25) is 0 Å². The molecule has 0 spiro atoms. The Balaban J connectivity index is 1.32. The summed E-state index contributed by atoms with van der Waals surface area (Å²) in [7, 11) is 0. The van der Waals surface area contributed by atoms with Crippen LogP contribution in [0.25, 0.3) is 73.0 Å². The van der Waals surface area contributed by atoms with Crippen LogP contribution in [0.15, 0.2) is 140 Å². The number of hydrogen-bond donors (Lipinski definition) is 0. The fourth-order valence-electron chi connectivity index (χ4n) is 6.83. The smallest absolute Gasteiger partial charge is 0.144 e. The second-order valence-electron chi connectivity index (χ2n) is 11.5. The van der Waals surface area contributed by atoms with E-state index in [0.29, 0.717) is 0 Å². The van der Waals surface area contributed by atoms with Gasteiger partial charge in [-0.2, -0.15) is 0 Å². The van der Waals surface area contributed by atoms with Crippen LogP contribution in [0.5, 0.6) is 0 Å². The molecule has 0 fully saturated rings. The van der Waals surface area contributed by atoms with Crippen LogP contribution in [-0.2, 0) is 6.42 Å². The van der Waals surface area contributed by atoms with Crippen LogP contribution in [0.3, 0.4) is 0 Å². The summed E-state index contributed by atoms with van der Waals surface area (Å²) in [5.41, 5.74) is 11.1. The van der Waals surface area contributed by atoms with E-state index in [1.165, 1.54) is 54.9 Å². The van der Waals surface area contributed by atoms with Crippen LogP contribution < -0.4 is 0 Å². The van der Waals surface area contributed by atoms with E-state index in [-0.39, 0.29) is 0 Å². The molecule has 44 heavy (non-hydrogen) atoms. The number of benzene rings is 6. The number of aromatic nitrogens is 2. The van der Waals surface area contributed by atoms with Crippen molar-refractivity contribution < 1.29 is 0 Å². The standard InChI is InChI=1S/C42H32N2/c1-2-12-35-28-43-42(31-14-4-3-5-15-31)44(35)34-25-23-30(24-26-34)40-36-17-8-10-19-38(36)41(39-20-11-9-18-37(39)40)33-22-21-29-13-6-7-16-32(29)27-33/h2-6,8-15,17-28H,7,16H2,1H3/b12-2-. The van der Waals surface area contributed by atoms with Gasteiger partial charge in [-0.1, -0.05) is 127 Å². The molecule has 0 radical (unpaired) electrons. The molecule has 1 aromatic heterocycles. The zero-order valence-electron chi connectivity index (χ0n) is 24.7. The largest absolute Gasteiger partial charge is 0.293 e. The van der Waals surface area contributed by atoms with Crippen molar-refractivity contribution in [1.82, 2.24) is 9.55 Å². The van der Waals surface area contributed by atoms with E-state index in [2.05, 4.69) is 144 Å². The lowest BCUT2D eigenvalue weighted by Crippen LogP contribution is -2.00. The molecule has 2 nitrogen and oxygen atoms in total. The van der Waals surface area contributed by atoms with Gasteiger partial charge in [-0.05, 0) is 92.9 Å². The molecular weight excluding hydrogens is 532 g/mol. The SMILES string of the molecule is C/C=C\c1cnc(-c2ccccc2)n1-c1ccc(-c2c3ccccc3c(-c3ccc4c(c3)CCC=C4)c3ccccc23)cc1. The van der Waals surface area contributed by atoms with E-state index in [9.17, 15) is 0 Å². The van der Waals surface area contributed by atoms with Crippen molar-refractivity contribution in [2.45, 2.75) is 19.8 Å². The van der Waals surface area contributed by atoms with Gasteiger partial charge in [0.1, 0.15) is 5.82 Å². The average Bonchev–Trinajstić information content (AvgIpc) is 3.51. The van der Waals surface area contributed by atoms with Crippen LogP contribution in [0.1, 0.15) is 30.2 Å². The van der Waals surface area contributed by atoms with E-state index in [0.717, 1.165) is 35.6 Å². The highest BCUT2D eigenvalue weighted by molar-refractivity contribution is 6.21. The summed E-state index contributed by atoms with van der Waals surface area (Å²) in [5, 5.41) is 5.11. The van der Waals surface area contributed by atoms with Crippen molar-refractivity contribution in [3.63, 3.8) is 0 Å². The lowest BCUT2D eigenvalue weighted by atomic mass is 9.84. The number of aryl methyl sites for hydroxylation is 1. The van der Waals surface area contributed by atoms with Gasteiger partial charge in [-0.25, -0.2) is 4.98 Å². The maximum absolute atomic E-state index is 4.82. The summed E-state index contributed by atoms with van der Waals surface area (Å²) in [4.78, 5) is 4.82. The molecule has 0 aliphatic heterocycles. The molecule has 7 aromatic rings. The molecule has 0 atom stereocenters. The summed E-state index contributed by atoms with van der Waals surface area (Å²) in [5.74, 6) is 0.937. The molecule has 1 heterocycles. The Morgan fingerprint density at radius 3 is 1.91 bits per heavy atom. The third-order valence-electron chi connectivity index (χ3n) is 8.81. The Kier molecular flexibility index (Phi) is 6.53. The van der Waals surface area contributed by atoms with Crippen molar-refractivity contribution in [3.8, 4) is 39.3 Å². The molecule has 0 amide bonds. The molecule has 210 valence electrons. The van der Waals surface area contributed by atoms with Crippen LogP contribution >= 0.6 is 0 Å². The van der Waals surface area contributed by atoms with Crippen molar-refractivity contribution in [2.75, 3.05) is 0 Å². The fourth-order valence-corrected chi connectivity index (χ4v) is 6.83. The quantitative estimate of drug-likeness (QED) is 0.190. The molecule has 0 bridgehead atoms. The number of rotatable bonds is 5. The predicted octanol–water partition coefficient (Wildman–Crippen LogP) is 11.2. The summed E-state index contributed by atoms with van der Waals surface area (Å²) in [6.45, 7) is 2.05. The minimum atomic E-state index is 0.937. The van der Waals surface area contributed by atoms with E-state index < -0.39 is 0 Å². The van der Waals surface area contributed by atoms with Crippen LogP contribution in [-0.4, -0.2) is 9.55 Å². The summed E-state index contributed by atoms with van der Waals surface area (Å²) < 4.78 is 2.24. The maximum Gasteiger partial charge on any atom is 0.144 e. The van der Waals surface area contributed by atoms with Gasteiger partial charge < -0.3 is 0 Å². The van der Waals surface area contributed by atoms with Crippen molar-refractivity contribution >= 4 is 33.7 Å². The maximum atomic E-state index is 4.82. The Hall–Kier alpha value is -5.47. The highest BCUT2D eigenvalue weighted by atomic mass is 15.1. The van der Waals surface area contributed by atoms with Gasteiger partial charge in [0.15, 0.2) is 0 Å². The molecular formula is C42H32N2. The van der Waals surface area contributed by atoms with Crippen LogP contribution in [0, 0.1) is 0 Å². The van der Waals surface area contributed by atoms with Gasteiger partial charge >= 0.3 is 0 Å². The lowest BCUT2D eigenvalue weighted by molar-refractivity contribution is 0.986. The Bertz CT molecular complexity index is 2160. The van der Waals surface area contributed by atoms with E-state index >= 15 is 0 Å². The van der Waals surface area contributed by atoms with Gasteiger partial charge in [0, 0.05) is 11.3 Å². The summed E-state index contributed by atoms with van der Waals surface area (Å²) in [6.07, 6.45) is 12.9. The van der Waals surface area contributed by atoms with E-state index in [1.807, 2.05) is 19.2 Å². The van der Waals surface area contributed by atoms with E-state index in [1.54, 1.807) is 0 Å². The summed E-state index contributed by atoms with van der Waals surface area (Å²) >= 11 is 0. The third kappa shape index (κ3) is 4.39. The monoisotopic (exact) mass is 564 g/mol. The molecule has 6 aromatic carbocycles. The minimum Gasteiger partial charge on any atom is -0.293 e. The first kappa shape index (κ1) is 26.2. The first-order chi connectivity index (χ1) is 21.8. The van der Waals surface area contributed by atoms with Crippen molar-refractivity contribution in [3.05, 3.63) is 156 Å². The first-order valence-corrected chi connectivity index (χ1v) is 15.4.